The van der Waals surface area contributed by atoms with E-state index in [9.17, 15) is 8.42 Å². The third kappa shape index (κ3) is 3.44. The van der Waals surface area contributed by atoms with Gasteiger partial charge in [-0.05, 0) is 24.3 Å². The Balaban J connectivity index is 3.00. The molecule has 0 spiro atoms. The summed E-state index contributed by atoms with van der Waals surface area (Å²) in [6.07, 6.45) is 1.03. The normalized spacial score (nSPS) is 11.7. The van der Waals surface area contributed by atoms with Crippen LogP contribution >= 0.6 is 58.0 Å². The molecule has 0 saturated heterocycles. The molecule has 0 aromatic heterocycles. The third-order valence-corrected chi connectivity index (χ3v) is 5.62. The maximum atomic E-state index is 12.0. The third-order valence-electron chi connectivity index (χ3n) is 2.70. The second-order valence-electron chi connectivity index (χ2n) is 4.25. The SMILES string of the molecule is CS(=O)(=O)c1c(Cl)cc(Cl)c(Cl)c1-c1cc(Cl)ccc1Cl. The van der Waals surface area contributed by atoms with Crippen molar-refractivity contribution in [1.29, 1.82) is 0 Å². The summed E-state index contributed by atoms with van der Waals surface area (Å²) in [6, 6.07) is 5.90. The summed E-state index contributed by atoms with van der Waals surface area (Å²) in [5.74, 6) is 0. The molecule has 0 atom stereocenters. The van der Waals surface area contributed by atoms with Crippen LogP contribution in [-0.2, 0) is 9.84 Å². The van der Waals surface area contributed by atoms with Crippen molar-refractivity contribution in [3.63, 3.8) is 0 Å². The van der Waals surface area contributed by atoms with Crippen molar-refractivity contribution in [3.8, 4) is 11.1 Å². The maximum Gasteiger partial charge on any atom is 0.177 e. The van der Waals surface area contributed by atoms with Crippen LogP contribution in [0.25, 0.3) is 11.1 Å². The molecule has 0 aliphatic heterocycles. The highest BCUT2D eigenvalue weighted by Crippen LogP contribution is 2.45. The van der Waals surface area contributed by atoms with Crippen molar-refractivity contribution in [1.82, 2.24) is 0 Å². The van der Waals surface area contributed by atoms with Gasteiger partial charge in [-0.3, -0.25) is 0 Å². The Kier molecular flexibility index (Phi) is 5.04. The van der Waals surface area contributed by atoms with Crippen molar-refractivity contribution >= 4 is 67.8 Å². The van der Waals surface area contributed by atoms with E-state index in [1.165, 1.54) is 18.2 Å². The molecular weight excluding hydrogens is 397 g/mol. The van der Waals surface area contributed by atoms with E-state index in [4.69, 9.17) is 58.0 Å². The van der Waals surface area contributed by atoms with Gasteiger partial charge in [0.2, 0.25) is 0 Å². The summed E-state index contributed by atoms with van der Waals surface area (Å²) in [7, 11) is -3.66. The first-order valence-corrected chi connectivity index (χ1v) is 9.24. The Hall–Kier alpha value is -0.160. The minimum atomic E-state index is -3.66. The molecule has 2 rings (SSSR count). The average Bonchev–Trinajstić information content (AvgIpc) is 2.35. The van der Waals surface area contributed by atoms with Crippen LogP contribution in [0.3, 0.4) is 0 Å². The zero-order valence-electron chi connectivity index (χ0n) is 10.4. The minimum Gasteiger partial charge on any atom is -0.224 e. The maximum absolute atomic E-state index is 12.0. The Bertz CT molecular complexity index is 831. The van der Waals surface area contributed by atoms with Crippen LogP contribution in [0, 0.1) is 0 Å². The topological polar surface area (TPSA) is 34.1 Å². The lowest BCUT2D eigenvalue weighted by molar-refractivity contribution is 0.602. The molecule has 0 bridgehead atoms. The minimum absolute atomic E-state index is 0.0297. The van der Waals surface area contributed by atoms with E-state index in [-0.39, 0.29) is 30.5 Å². The molecule has 2 nitrogen and oxygen atoms in total. The second-order valence-corrected chi connectivity index (χ2v) is 8.24. The van der Waals surface area contributed by atoms with Gasteiger partial charge in [0.25, 0.3) is 0 Å². The summed E-state index contributed by atoms with van der Waals surface area (Å²) in [5.41, 5.74) is 0.489. The molecule has 0 saturated carbocycles. The quantitative estimate of drug-likeness (QED) is 0.573. The molecule has 0 aliphatic carbocycles. The molecular formula is C13H7Cl5O2S. The fourth-order valence-electron chi connectivity index (χ4n) is 1.87. The van der Waals surface area contributed by atoms with Crippen molar-refractivity contribution in [3.05, 3.63) is 49.4 Å². The van der Waals surface area contributed by atoms with E-state index in [1.54, 1.807) is 6.07 Å². The molecule has 0 amide bonds. The number of rotatable bonds is 2. The summed E-state index contributed by atoms with van der Waals surface area (Å²) < 4.78 is 24.1. The van der Waals surface area contributed by atoms with Crippen LogP contribution in [0.2, 0.25) is 25.1 Å². The highest BCUT2D eigenvalue weighted by molar-refractivity contribution is 7.91. The number of sulfone groups is 1. The molecule has 0 heterocycles. The van der Waals surface area contributed by atoms with Crippen molar-refractivity contribution in [2.75, 3.05) is 6.26 Å². The lowest BCUT2D eigenvalue weighted by Crippen LogP contribution is -2.02. The summed E-state index contributed by atoms with van der Waals surface area (Å²) in [5, 5.41) is 0.800. The molecule has 0 radical (unpaired) electrons. The number of halogens is 5. The fourth-order valence-corrected chi connectivity index (χ4v) is 4.44. The standard InChI is InChI=1S/C13H7Cl5O2S/c1-21(19,20)13-10(17)5-9(16)12(18)11(13)7-4-6(14)2-3-8(7)15/h2-5H,1H3. The lowest BCUT2D eigenvalue weighted by atomic mass is 10.1. The lowest BCUT2D eigenvalue weighted by Gasteiger charge is -2.15. The second kappa shape index (κ2) is 6.15. The Morgan fingerprint density at radius 2 is 1.48 bits per heavy atom. The average molecular weight is 405 g/mol. The Morgan fingerprint density at radius 3 is 2.05 bits per heavy atom. The zero-order chi connectivity index (χ0) is 15.9. The van der Waals surface area contributed by atoms with Crippen LogP contribution in [-0.4, -0.2) is 14.7 Å². The summed E-state index contributed by atoms with van der Waals surface area (Å²) in [4.78, 5) is -0.136. The van der Waals surface area contributed by atoms with Gasteiger partial charge in [-0.15, -0.1) is 0 Å². The van der Waals surface area contributed by atoms with Gasteiger partial charge in [0.05, 0.1) is 20.0 Å². The molecule has 21 heavy (non-hydrogen) atoms. The Labute approximate surface area is 147 Å². The van der Waals surface area contributed by atoms with E-state index < -0.39 is 9.84 Å². The number of hydrogen-bond donors (Lipinski definition) is 0. The fraction of sp³-hybridized carbons (Fsp3) is 0.0769. The molecule has 112 valence electrons. The van der Waals surface area contributed by atoms with Gasteiger partial charge >= 0.3 is 0 Å². The van der Waals surface area contributed by atoms with Crippen LogP contribution in [0.15, 0.2) is 29.2 Å². The van der Waals surface area contributed by atoms with Crippen LogP contribution < -0.4 is 0 Å². The van der Waals surface area contributed by atoms with Gasteiger partial charge in [0.1, 0.15) is 0 Å². The summed E-state index contributed by atoms with van der Waals surface area (Å²) >= 11 is 30.3. The van der Waals surface area contributed by atoms with E-state index in [0.717, 1.165) is 6.26 Å². The highest BCUT2D eigenvalue weighted by Gasteiger charge is 2.25. The molecule has 8 heteroatoms. The molecule has 2 aromatic rings. The summed E-state index contributed by atoms with van der Waals surface area (Å²) in [6.45, 7) is 0. The predicted octanol–water partition coefficient (Wildman–Crippen LogP) is 6.02. The van der Waals surface area contributed by atoms with Gasteiger partial charge in [0.15, 0.2) is 9.84 Å². The van der Waals surface area contributed by atoms with Gasteiger partial charge in [-0.1, -0.05) is 58.0 Å². The first-order valence-electron chi connectivity index (χ1n) is 5.46. The molecule has 2 aromatic carbocycles. The van der Waals surface area contributed by atoms with E-state index in [2.05, 4.69) is 0 Å². The van der Waals surface area contributed by atoms with E-state index >= 15 is 0 Å². The van der Waals surface area contributed by atoms with Gasteiger partial charge in [-0.2, -0.15) is 0 Å². The van der Waals surface area contributed by atoms with Crippen LogP contribution in [0.5, 0.6) is 0 Å². The van der Waals surface area contributed by atoms with E-state index in [0.29, 0.717) is 10.6 Å². The largest absolute Gasteiger partial charge is 0.224 e. The van der Waals surface area contributed by atoms with Gasteiger partial charge in [-0.25, -0.2) is 8.42 Å². The predicted molar refractivity (Wildman–Crippen MR) is 90.0 cm³/mol. The van der Waals surface area contributed by atoms with Crippen LogP contribution in [0.1, 0.15) is 0 Å². The smallest absolute Gasteiger partial charge is 0.177 e. The highest BCUT2D eigenvalue weighted by atomic mass is 35.5. The van der Waals surface area contributed by atoms with E-state index in [1.807, 2.05) is 0 Å². The van der Waals surface area contributed by atoms with Crippen molar-refractivity contribution in [2.24, 2.45) is 0 Å². The van der Waals surface area contributed by atoms with Crippen LogP contribution in [0.4, 0.5) is 0 Å². The van der Waals surface area contributed by atoms with Crippen molar-refractivity contribution < 1.29 is 8.42 Å². The molecule has 0 fully saturated rings. The molecule has 0 N–H and O–H groups in total. The monoisotopic (exact) mass is 402 g/mol. The first-order chi connectivity index (χ1) is 9.62. The Morgan fingerprint density at radius 1 is 0.857 bits per heavy atom. The number of benzene rings is 2. The molecule has 0 unspecified atom stereocenters. The number of hydrogen-bond acceptors (Lipinski definition) is 2. The first kappa shape index (κ1) is 17.2. The van der Waals surface area contributed by atoms with Gasteiger partial charge < -0.3 is 0 Å². The van der Waals surface area contributed by atoms with Crippen molar-refractivity contribution in [2.45, 2.75) is 4.90 Å². The van der Waals surface area contributed by atoms with Gasteiger partial charge in [0, 0.05) is 27.4 Å². The molecule has 0 aliphatic rings. The zero-order valence-corrected chi connectivity index (χ0v) is 15.0.